The first-order valence-electron chi connectivity index (χ1n) is 14.1. The number of carbonyl (C=O) groups excluding carboxylic acids is 2. The fourth-order valence-corrected chi connectivity index (χ4v) is 5.27. The van der Waals surface area contributed by atoms with Crippen molar-refractivity contribution < 1.29 is 14.3 Å². The summed E-state index contributed by atoms with van der Waals surface area (Å²) in [6, 6.07) is 15.2. The minimum Gasteiger partial charge on any atom is -0.457 e. The number of hydrogen-bond acceptors (Lipinski definition) is 8. The zero-order chi connectivity index (χ0) is 29.9. The highest BCUT2D eigenvalue weighted by molar-refractivity contribution is 5.99. The number of piperidine rings is 1. The molecule has 5 rings (SSSR count). The molecule has 1 aliphatic heterocycles. The molecule has 2 aromatic heterocycles. The topological polar surface area (TPSA) is 128 Å². The van der Waals surface area contributed by atoms with Crippen LogP contribution in [0.2, 0.25) is 0 Å². The molecule has 218 valence electrons. The standard InChI is InChI=1S/C32H37N7O3/c1-5-24(40)18-22-17-21(11-12-26(22)42-25-9-7-6-8-10-25)29-28-30(33)34-20-35-31(28)39(37-29)23-13-15-38(16-14-23)19-27(41)36-32(2,3)4/h5-12,17,20,23H,1,13-16,18-19H2,2-4H3,(H,36,41)(H2,33,34,35). The monoisotopic (exact) mass is 567 g/mol. The van der Waals surface area contributed by atoms with Crippen molar-refractivity contribution in [3.63, 3.8) is 0 Å². The fraction of sp³-hybridized carbons (Fsp3) is 0.344. The molecule has 1 saturated heterocycles. The Kier molecular flexibility index (Phi) is 8.35. The lowest BCUT2D eigenvalue weighted by Crippen LogP contribution is -2.47. The van der Waals surface area contributed by atoms with Gasteiger partial charge in [-0.2, -0.15) is 5.10 Å². The van der Waals surface area contributed by atoms with E-state index in [9.17, 15) is 9.59 Å². The van der Waals surface area contributed by atoms with Gasteiger partial charge in [0.15, 0.2) is 11.4 Å². The van der Waals surface area contributed by atoms with Gasteiger partial charge in [0.2, 0.25) is 5.91 Å². The third-order valence-electron chi connectivity index (χ3n) is 7.20. The second-order valence-corrected chi connectivity index (χ2v) is 11.6. The van der Waals surface area contributed by atoms with E-state index in [0.717, 1.165) is 31.5 Å². The summed E-state index contributed by atoms with van der Waals surface area (Å²) in [5.74, 6) is 1.50. The number of aromatic nitrogens is 4. The molecule has 4 aromatic rings. The predicted molar refractivity (Wildman–Crippen MR) is 163 cm³/mol. The lowest BCUT2D eigenvalue weighted by molar-refractivity contribution is -0.124. The van der Waals surface area contributed by atoms with Crippen molar-refractivity contribution in [2.45, 2.75) is 51.6 Å². The van der Waals surface area contributed by atoms with Crippen LogP contribution in [0.3, 0.4) is 0 Å². The predicted octanol–water partition coefficient (Wildman–Crippen LogP) is 4.72. The second kappa shape index (κ2) is 12.1. The Balaban J connectivity index is 1.44. The van der Waals surface area contributed by atoms with Crippen LogP contribution in [0.4, 0.5) is 5.82 Å². The number of nitrogens with one attached hydrogen (secondary N) is 1. The summed E-state index contributed by atoms with van der Waals surface area (Å²) in [4.78, 5) is 35.9. The van der Waals surface area contributed by atoms with Gasteiger partial charge in [-0.25, -0.2) is 14.6 Å². The van der Waals surface area contributed by atoms with Crippen molar-refractivity contribution in [3.05, 3.63) is 73.1 Å². The van der Waals surface area contributed by atoms with Crippen molar-refractivity contribution in [1.82, 2.24) is 30.0 Å². The number of benzene rings is 2. The number of para-hydroxylation sites is 1. The quantitative estimate of drug-likeness (QED) is 0.278. The van der Waals surface area contributed by atoms with Gasteiger partial charge in [0.05, 0.1) is 18.0 Å². The van der Waals surface area contributed by atoms with Crippen LogP contribution in [0.5, 0.6) is 11.5 Å². The number of hydrogen-bond donors (Lipinski definition) is 2. The molecular formula is C32H37N7O3. The largest absolute Gasteiger partial charge is 0.457 e. The number of ether oxygens (including phenoxy) is 1. The molecule has 0 atom stereocenters. The third kappa shape index (κ3) is 6.66. The van der Waals surface area contributed by atoms with Crippen molar-refractivity contribution in [2.75, 3.05) is 25.4 Å². The van der Waals surface area contributed by atoms with E-state index in [4.69, 9.17) is 15.6 Å². The van der Waals surface area contributed by atoms with Crippen LogP contribution < -0.4 is 15.8 Å². The highest BCUT2D eigenvalue weighted by atomic mass is 16.5. The highest BCUT2D eigenvalue weighted by Crippen LogP contribution is 2.37. The van der Waals surface area contributed by atoms with Crippen LogP contribution in [0, 0.1) is 0 Å². The number of amides is 1. The average Bonchev–Trinajstić information content (AvgIpc) is 3.35. The van der Waals surface area contributed by atoms with Crippen molar-refractivity contribution in [2.24, 2.45) is 0 Å². The Morgan fingerprint density at radius 2 is 1.86 bits per heavy atom. The maximum absolute atomic E-state index is 12.5. The van der Waals surface area contributed by atoms with Gasteiger partial charge in [0, 0.05) is 36.2 Å². The number of carbonyl (C=O) groups is 2. The maximum Gasteiger partial charge on any atom is 0.234 e. The SMILES string of the molecule is C=CC(=O)Cc1cc(-c2nn(C3CCN(CC(=O)NC(C)(C)C)CC3)c3ncnc(N)c23)ccc1Oc1ccccc1. The molecule has 0 saturated carbocycles. The number of nitrogens with zero attached hydrogens (tertiary/aromatic N) is 5. The lowest BCUT2D eigenvalue weighted by atomic mass is 10.0. The molecule has 2 aromatic carbocycles. The van der Waals surface area contributed by atoms with E-state index in [-0.39, 0.29) is 29.7 Å². The normalized spacial score (nSPS) is 14.5. The van der Waals surface area contributed by atoms with Crippen molar-refractivity contribution in [1.29, 1.82) is 0 Å². The Morgan fingerprint density at radius 3 is 2.55 bits per heavy atom. The summed E-state index contributed by atoms with van der Waals surface area (Å²) in [6.07, 6.45) is 4.52. The Hall–Kier alpha value is -4.57. The molecule has 0 unspecified atom stereocenters. The Labute approximate surface area is 245 Å². The van der Waals surface area contributed by atoms with Gasteiger partial charge >= 0.3 is 0 Å². The van der Waals surface area contributed by atoms with E-state index in [1.54, 1.807) is 0 Å². The summed E-state index contributed by atoms with van der Waals surface area (Å²) >= 11 is 0. The second-order valence-electron chi connectivity index (χ2n) is 11.6. The van der Waals surface area contributed by atoms with Crippen LogP contribution in [0.25, 0.3) is 22.3 Å². The number of anilines is 1. The summed E-state index contributed by atoms with van der Waals surface area (Å²) in [6.45, 7) is 11.5. The van der Waals surface area contributed by atoms with Crippen LogP contribution in [-0.4, -0.2) is 61.5 Å². The Bertz CT molecular complexity index is 1600. The summed E-state index contributed by atoms with van der Waals surface area (Å²) in [5.41, 5.74) is 8.93. The minimum atomic E-state index is -0.260. The lowest BCUT2D eigenvalue weighted by Gasteiger charge is -2.32. The van der Waals surface area contributed by atoms with Gasteiger partial charge in [-0.3, -0.25) is 14.5 Å². The Morgan fingerprint density at radius 1 is 1.12 bits per heavy atom. The molecule has 0 bridgehead atoms. The number of allylic oxidation sites excluding steroid dienone is 1. The van der Waals surface area contributed by atoms with Crippen LogP contribution >= 0.6 is 0 Å². The van der Waals surface area contributed by atoms with Crippen LogP contribution in [0.1, 0.15) is 45.2 Å². The van der Waals surface area contributed by atoms with Gasteiger partial charge in [-0.1, -0.05) is 24.8 Å². The zero-order valence-electron chi connectivity index (χ0n) is 24.3. The minimum absolute atomic E-state index is 0.0266. The molecule has 0 radical (unpaired) electrons. The first kappa shape index (κ1) is 28.9. The smallest absolute Gasteiger partial charge is 0.234 e. The number of likely N-dealkylation sites (tertiary alicyclic amines) is 1. The van der Waals surface area contributed by atoms with Gasteiger partial charge in [0.1, 0.15) is 29.3 Å². The zero-order valence-corrected chi connectivity index (χ0v) is 24.3. The number of rotatable bonds is 9. The summed E-state index contributed by atoms with van der Waals surface area (Å²) in [7, 11) is 0. The van der Waals surface area contributed by atoms with E-state index in [0.29, 0.717) is 46.2 Å². The molecule has 1 fully saturated rings. The molecule has 10 nitrogen and oxygen atoms in total. The number of nitrogens with two attached hydrogens (primary N) is 1. The first-order valence-corrected chi connectivity index (χ1v) is 14.1. The van der Waals surface area contributed by atoms with E-state index < -0.39 is 0 Å². The molecule has 3 N–H and O–H groups in total. The van der Waals surface area contributed by atoms with E-state index in [1.165, 1.54) is 12.4 Å². The molecule has 1 amide bonds. The van der Waals surface area contributed by atoms with Gasteiger partial charge < -0.3 is 15.8 Å². The fourth-order valence-electron chi connectivity index (χ4n) is 5.27. The summed E-state index contributed by atoms with van der Waals surface area (Å²) in [5, 5.41) is 8.73. The van der Waals surface area contributed by atoms with E-state index in [1.807, 2.05) is 74.0 Å². The third-order valence-corrected chi connectivity index (χ3v) is 7.20. The highest BCUT2D eigenvalue weighted by Gasteiger charge is 2.28. The first-order chi connectivity index (χ1) is 20.1. The van der Waals surface area contributed by atoms with Crippen LogP contribution in [0.15, 0.2) is 67.5 Å². The molecule has 42 heavy (non-hydrogen) atoms. The summed E-state index contributed by atoms with van der Waals surface area (Å²) < 4.78 is 8.07. The van der Waals surface area contributed by atoms with E-state index in [2.05, 4.69) is 26.8 Å². The number of ketones is 1. The molecule has 0 aliphatic carbocycles. The molecular weight excluding hydrogens is 530 g/mol. The average molecular weight is 568 g/mol. The van der Waals surface area contributed by atoms with Gasteiger partial charge in [-0.05, 0) is 70.0 Å². The molecule has 10 heteroatoms. The number of fused-ring (bicyclic) bond motifs is 1. The number of nitrogen functional groups attached to an aromatic ring is 1. The van der Waals surface area contributed by atoms with E-state index >= 15 is 0 Å². The maximum atomic E-state index is 12.5. The molecule has 1 aliphatic rings. The molecule has 0 spiro atoms. The van der Waals surface area contributed by atoms with Crippen molar-refractivity contribution in [3.8, 4) is 22.8 Å². The van der Waals surface area contributed by atoms with Gasteiger partial charge in [-0.15, -0.1) is 0 Å². The van der Waals surface area contributed by atoms with Gasteiger partial charge in [0.25, 0.3) is 0 Å². The van der Waals surface area contributed by atoms with Crippen LogP contribution in [-0.2, 0) is 16.0 Å². The molecule has 3 heterocycles. The van der Waals surface area contributed by atoms with Crippen molar-refractivity contribution >= 4 is 28.5 Å².